The summed E-state index contributed by atoms with van der Waals surface area (Å²) in [6.45, 7) is 2.87. The van der Waals surface area contributed by atoms with Gasteiger partial charge in [0.25, 0.3) is 0 Å². The van der Waals surface area contributed by atoms with Crippen molar-refractivity contribution in [2.75, 3.05) is 33.4 Å². The van der Waals surface area contributed by atoms with Crippen molar-refractivity contribution >= 4 is 5.78 Å². The van der Waals surface area contributed by atoms with Crippen LogP contribution < -0.4 is 0 Å². The molecule has 0 radical (unpaired) electrons. The van der Waals surface area contributed by atoms with Crippen LogP contribution in [0.5, 0.6) is 0 Å². The lowest BCUT2D eigenvalue weighted by Crippen LogP contribution is -2.34. The molecule has 4 heteroatoms. The highest BCUT2D eigenvalue weighted by Gasteiger charge is 2.17. The highest BCUT2D eigenvalue weighted by molar-refractivity contribution is 5.82. The van der Waals surface area contributed by atoms with Gasteiger partial charge < -0.3 is 4.74 Å². The van der Waals surface area contributed by atoms with Crippen molar-refractivity contribution in [1.29, 1.82) is 0 Å². The summed E-state index contributed by atoms with van der Waals surface area (Å²) in [5.41, 5.74) is 0.479. The summed E-state index contributed by atoms with van der Waals surface area (Å²) in [6, 6.07) is 6.46. The van der Waals surface area contributed by atoms with Crippen molar-refractivity contribution in [3.63, 3.8) is 0 Å². The van der Waals surface area contributed by atoms with Crippen molar-refractivity contribution in [2.24, 2.45) is 5.92 Å². The molecule has 0 aromatic heterocycles. The van der Waals surface area contributed by atoms with Crippen LogP contribution >= 0.6 is 0 Å². The molecular weight excluding hydrogens is 257 g/mol. The van der Waals surface area contributed by atoms with Gasteiger partial charge in [0.15, 0.2) is 5.78 Å². The van der Waals surface area contributed by atoms with Gasteiger partial charge in [-0.05, 0) is 37.4 Å². The minimum Gasteiger partial charge on any atom is -0.381 e. The summed E-state index contributed by atoms with van der Waals surface area (Å²) >= 11 is 0. The summed E-state index contributed by atoms with van der Waals surface area (Å²) < 4.78 is 18.9. The maximum atomic E-state index is 13.5. The summed E-state index contributed by atoms with van der Waals surface area (Å²) in [5, 5.41) is 0. The van der Waals surface area contributed by atoms with Gasteiger partial charge >= 0.3 is 0 Å². The number of carbonyl (C=O) groups excluding carboxylic acids is 1. The molecule has 3 nitrogen and oxygen atoms in total. The summed E-state index contributed by atoms with van der Waals surface area (Å²) in [7, 11) is 1.94. The molecule has 110 valence electrons. The molecule has 0 saturated carbocycles. The highest BCUT2D eigenvalue weighted by Crippen LogP contribution is 2.14. The molecule has 2 rings (SSSR count). The summed E-state index contributed by atoms with van der Waals surface area (Å²) in [4.78, 5) is 14.0. The van der Waals surface area contributed by atoms with Gasteiger partial charge in [0.05, 0.1) is 13.2 Å². The van der Waals surface area contributed by atoms with Gasteiger partial charge in [-0.1, -0.05) is 18.2 Å². The van der Waals surface area contributed by atoms with Crippen LogP contribution in [0.1, 0.15) is 18.4 Å². The van der Waals surface area contributed by atoms with Crippen molar-refractivity contribution < 1.29 is 13.9 Å². The molecule has 1 atom stereocenters. The van der Waals surface area contributed by atoms with Crippen LogP contribution in [0.25, 0.3) is 0 Å². The highest BCUT2D eigenvalue weighted by atomic mass is 19.1. The predicted molar refractivity (Wildman–Crippen MR) is 76.2 cm³/mol. The Morgan fingerprint density at radius 3 is 2.95 bits per heavy atom. The van der Waals surface area contributed by atoms with Crippen LogP contribution in [-0.2, 0) is 16.0 Å². The zero-order valence-corrected chi connectivity index (χ0v) is 12.0. The molecule has 0 bridgehead atoms. The van der Waals surface area contributed by atoms with E-state index in [9.17, 15) is 9.18 Å². The van der Waals surface area contributed by atoms with Crippen molar-refractivity contribution in [3.8, 4) is 0 Å². The molecule has 1 heterocycles. The number of ketones is 1. The van der Waals surface area contributed by atoms with Gasteiger partial charge in [0.1, 0.15) is 5.82 Å². The number of halogens is 1. The van der Waals surface area contributed by atoms with Crippen LogP contribution in [0.4, 0.5) is 4.39 Å². The monoisotopic (exact) mass is 279 g/mol. The first kappa shape index (κ1) is 15.1. The average Bonchev–Trinajstić information content (AvgIpc) is 2.42. The first-order chi connectivity index (χ1) is 9.65. The number of Topliss-reactive ketones (excluding diaryl/α,β-unsaturated/α-hetero) is 1. The van der Waals surface area contributed by atoms with Crippen LogP contribution in [0.3, 0.4) is 0 Å². The van der Waals surface area contributed by atoms with Crippen molar-refractivity contribution in [3.05, 3.63) is 35.6 Å². The Kier molecular flexibility index (Phi) is 5.68. The number of likely N-dealkylation sites (N-methyl/N-ethyl adjacent to an activating group) is 1. The van der Waals surface area contributed by atoms with Gasteiger partial charge in [-0.2, -0.15) is 0 Å². The molecular formula is C16H22FNO2. The van der Waals surface area contributed by atoms with E-state index in [1.165, 1.54) is 6.07 Å². The van der Waals surface area contributed by atoms with Crippen molar-refractivity contribution in [2.45, 2.75) is 19.3 Å². The smallest absolute Gasteiger partial charge is 0.151 e. The van der Waals surface area contributed by atoms with Gasteiger partial charge in [-0.3, -0.25) is 9.69 Å². The number of nitrogens with zero attached hydrogens (tertiary/aromatic N) is 1. The van der Waals surface area contributed by atoms with Crippen molar-refractivity contribution in [1.82, 2.24) is 4.90 Å². The minimum absolute atomic E-state index is 0.0503. The third kappa shape index (κ3) is 4.69. The number of hydrogen-bond donors (Lipinski definition) is 0. The van der Waals surface area contributed by atoms with E-state index in [-0.39, 0.29) is 18.0 Å². The fourth-order valence-corrected chi connectivity index (χ4v) is 2.67. The van der Waals surface area contributed by atoms with Crippen LogP contribution in [-0.4, -0.2) is 44.0 Å². The third-order valence-corrected chi connectivity index (χ3v) is 3.62. The molecule has 20 heavy (non-hydrogen) atoms. The lowest BCUT2D eigenvalue weighted by Gasteiger charge is -2.26. The molecule has 0 amide bonds. The molecule has 1 aromatic carbocycles. The van der Waals surface area contributed by atoms with Crippen LogP contribution in [0.2, 0.25) is 0 Å². The van der Waals surface area contributed by atoms with Gasteiger partial charge in [0.2, 0.25) is 0 Å². The number of benzene rings is 1. The largest absolute Gasteiger partial charge is 0.381 e. The van der Waals surface area contributed by atoms with E-state index in [1.807, 2.05) is 11.9 Å². The first-order valence-electron chi connectivity index (χ1n) is 7.16. The van der Waals surface area contributed by atoms with E-state index in [4.69, 9.17) is 4.74 Å². The molecule has 1 saturated heterocycles. The van der Waals surface area contributed by atoms with Gasteiger partial charge in [-0.25, -0.2) is 4.39 Å². The molecule has 0 spiro atoms. The Hall–Kier alpha value is -1.26. The summed E-state index contributed by atoms with van der Waals surface area (Å²) in [6.07, 6.45) is 2.42. The molecule has 1 fully saturated rings. The molecule has 1 unspecified atom stereocenters. The Bertz CT molecular complexity index is 444. The molecule has 1 aromatic rings. The maximum Gasteiger partial charge on any atom is 0.151 e. The van der Waals surface area contributed by atoms with Gasteiger partial charge in [0, 0.05) is 19.6 Å². The second-order valence-electron chi connectivity index (χ2n) is 5.59. The van der Waals surface area contributed by atoms with Gasteiger partial charge in [-0.15, -0.1) is 0 Å². The van der Waals surface area contributed by atoms with Crippen LogP contribution in [0.15, 0.2) is 24.3 Å². The zero-order valence-electron chi connectivity index (χ0n) is 12.0. The Morgan fingerprint density at radius 1 is 1.45 bits per heavy atom. The lowest BCUT2D eigenvalue weighted by atomic mass is 10.0. The van der Waals surface area contributed by atoms with E-state index in [2.05, 4.69) is 0 Å². The maximum absolute atomic E-state index is 13.5. The Balaban J connectivity index is 1.77. The number of ether oxygens (including phenoxy) is 1. The fraction of sp³-hybridized carbons (Fsp3) is 0.562. The van der Waals surface area contributed by atoms with E-state index >= 15 is 0 Å². The summed E-state index contributed by atoms with van der Waals surface area (Å²) in [5.74, 6) is 0.258. The zero-order chi connectivity index (χ0) is 14.4. The fourth-order valence-electron chi connectivity index (χ4n) is 2.67. The van der Waals surface area contributed by atoms with E-state index < -0.39 is 0 Å². The van der Waals surface area contributed by atoms with E-state index in [1.54, 1.807) is 18.2 Å². The van der Waals surface area contributed by atoms with Crippen LogP contribution in [0, 0.1) is 11.7 Å². The molecule has 1 aliphatic rings. The lowest BCUT2D eigenvalue weighted by molar-refractivity contribution is -0.119. The minimum atomic E-state index is -0.302. The quantitative estimate of drug-likeness (QED) is 0.800. The second kappa shape index (κ2) is 7.50. The SMILES string of the molecule is CN(CC(=O)Cc1ccccc1F)CC1CCCOC1. The third-order valence-electron chi connectivity index (χ3n) is 3.62. The first-order valence-corrected chi connectivity index (χ1v) is 7.16. The number of carbonyl (C=O) groups is 1. The van der Waals surface area contributed by atoms with E-state index in [0.29, 0.717) is 18.0 Å². The van der Waals surface area contributed by atoms with E-state index in [0.717, 1.165) is 32.6 Å². The standard InChI is InChI=1S/C16H22FNO2/c1-18(10-13-5-4-8-20-12-13)11-15(19)9-14-6-2-3-7-16(14)17/h2-3,6-7,13H,4-5,8-12H2,1H3. The Labute approximate surface area is 119 Å². The number of rotatable bonds is 6. The molecule has 1 aliphatic heterocycles. The normalized spacial score (nSPS) is 19.2. The molecule has 0 aliphatic carbocycles. The molecule has 0 N–H and O–H groups in total. The second-order valence-corrected chi connectivity index (χ2v) is 5.59. The number of hydrogen-bond acceptors (Lipinski definition) is 3. The topological polar surface area (TPSA) is 29.5 Å². The predicted octanol–water partition coefficient (Wildman–Crippen LogP) is 2.30. The Morgan fingerprint density at radius 2 is 2.25 bits per heavy atom. The average molecular weight is 279 g/mol.